The Bertz CT molecular complexity index is 1270. The Morgan fingerprint density at radius 3 is 2.30 bits per heavy atom. The van der Waals surface area contributed by atoms with Gasteiger partial charge in [-0.25, -0.2) is 4.90 Å². The van der Waals surface area contributed by atoms with Crippen molar-refractivity contribution in [3.05, 3.63) is 56.0 Å². The van der Waals surface area contributed by atoms with E-state index in [2.05, 4.69) is 5.32 Å². The summed E-state index contributed by atoms with van der Waals surface area (Å²) in [5.41, 5.74) is -0.499. The number of carbonyl (C=O) groups is 3. The molecule has 5 atom stereocenters. The molecule has 1 spiro atoms. The second-order valence-corrected chi connectivity index (χ2v) is 10.5. The van der Waals surface area contributed by atoms with Crippen molar-refractivity contribution in [2.45, 2.75) is 24.1 Å². The van der Waals surface area contributed by atoms with Gasteiger partial charge in [-0.1, -0.05) is 46.4 Å². The van der Waals surface area contributed by atoms with Gasteiger partial charge in [0.15, 0.2) is 0 Å². The number of hydrogen-bond acceptors (Lipinski definition) is 5. The molecule has 6 rings (SSSR count). The van der Waals surface area contributed by atoms with E-state index in [9.17, 15) is 19.5 Å². The molecule has 170 valence electrons. The Labute approximate surface area is 208 Å². The number of amides is 3. The first kappa shape index (κ1) is 21.6. The highest BCUT2D eigenvalue weighted by Crippen LogP contribution is 2.61. The fourth-order valence-electron chi connectivity index (χ4n) is 6.14. The van der Waals surface area contributed by atoms with Crippen LogP contribution in [0.3, 0.4) is 0 Å². The minimum Gasteiger partial charge on any atom is -0.392 e. The van der Waals surface area contributed by atoms with E-state index in [0.29, 0.717) is 16.3 Å². The van der Waals surface area contributed by atoms with Crippen molar-refractivity contribution in [1.82, 2.24) is 4.90 Å². The lowest BCUT2D eigenvalue weighted by atomic mass is 9.75. The lowest BCUT2D eigenvalue weighted by Crippen LogP contribution is -2.54. The van der Waals surface area contributed by atoms with Gasteiger partial charge in [0.1, 0.15) is 5.54 Å². The molecule has 3 amide bonds. The van der Waals surface area contributed by atoms with Gasteiger partial charge in [-0.3, -0.25) is 19.3 Å². The number of imide groups is 1. The van der Waals surface area contributed by atoms with Crippen molar-refractivity contribution in [1.29, 1.82) is 0 Å². The van der Waals surface area contributed by atoms with Crippen molar-refractivity contribution < 1.29 is 19.5 Å². The summed E-state index contributed by atoms with van der Waals surface area (Å²) < 4.78 is 0. The van der Waals surface area contributed by atoms with Crippen LogP contribution in [0.4, 0.5) is 11.4 Å². The highest BCUT2D eigenvalue weighted by atomic mass is 35.5. The van der Waals surface area contributed by atoms with Crippen LogP contribution in [0.2, 0.25) is 20.1 Å². The van der Waals surface area contributed by atoms with Crippen LogP contribution in [-0.4, -0.2) is 46.4 Å². The summed E-state index contributed by atoms with van der Waals surface area (Å²) in [6.07, 6.45) is -0.500. The number of anilines is 2. The standard InChI is InChI=1S/C22H15Cl4N3O4/c23-8-1-9(24)3-11(2-8)29-19(31)16-15-6-12(30)7-28(15)22(17(16)20(29)32)13-4-10(25)5-14(26)18(13)27-21(22)33/h1-5,12,15-17,30H,6-7H2,(H,27,33). The third kappa shape index (κ3) is 2.69. The summed E-state index contributed by atoms with van der Waals surface area (Å²) >= 11 is 24.9. The Morgan fingerprint density at radius 1 is 0.939 bits per heavy atom. The van der Waals surface area contributed by atoms with Gasteiger partial charge in [0, 0.05) is 33.2 Å². The number of nitrogens with zero attached hydrogens (tertiary/aromatic N) is 2. The van der Waals surface area contributed by atoms with Crippen molar-refractivity contribution >= 4 is 75.5 Å². The minimum atomic E-state index is -1.53. The average molecular weight is 527 g/mol. The number of nitrogens with one attached hydrogen (secondary N) is 1. The van der Waals surface area contributed by atoms with Gasteiger partial charge in [-0.05, 0) is 36.8 Å². The van der Waals surface area contributed by atoms with Crippen molar-refractivity contribution in [2.24, 2.45) is 11.8 Å². The molecule has 3 fully saturated rings. The predicted octanol–water partition coefficient (Wildman–Crippen LogP) is 3.70. The molecule has 5 unspecified atom stereocenters. The quantitative estimate of drug-likeness (QED) is 0.553. The van der Waals surface area contributed by atoms with Crippen LogP contribution in [0.1, 0.15) is 12.0 Å². The molecular weight excluding hydrogens is 512 g/mol. The van der Waals surface area contributed by atoms with Gasteiger partial charge >= 0.3 is 0 Å². The second-order valence-electron chi connectivity index (χ2n) is 8.78. The molecule has 7 nitrogen and oxygen atoms in total. The van der Waals surface area contributed by atoms with E-state index in [1.165, 1.54) is 24.3 Å². The number of fused-ring (bicyclic) bond motifs is 7. The molecule has 0 radical (unpaired) electrons. The Morgan fingerprint density at radius 2 is 1.61 bits per heavy atom. The summed E-state index contributed by atoms with van der Waals surface area (Å²) in [6.45, 7) is 0.137. The normalized spacial score (nSPS) is 32.5. The monoisotopic (exact) mass is 525 g/mol. The zero-order chi connectivity index (χ0) is 23.4. The lowest BCUT2D eigenvalue weighted by Gasteiger charge is -2.36. The molecule has 4 aliphatic heterocycles. The van der Waals surface area contributed by atoms with Gasteiger partial charge in [0.05, 0.1) is 34.3 Å². The molecule has 2 N–H and O–H groups in total. The molecule has 11 heteroatoms. The zero-order valence-corrected chi connectivity index (χ0v) is 19.7. The van der Waals surface area contributed by atoms with Crippen LogP contribution in [0.15, 0.2) is 30.3 Å². The fourth-order valence-corrected chi connectivity index (χ4v) is 7.19. The summed E-state index contributed by atoms with van der Waals surface area (Å²) in [5, 5.41) is 14.3. The van der Waals surface area contributed by atoms with E-state index < -0.39 is 47.2 Å². The zero-order valence-electron chi connectivity index (χ0n) is 16.7. The summed E-state index contributed by atoms with van der Waals surface area (Å²) in [5.74, 6) is -3.34. The van der Waals surface area contributed by atoms with Crippen molar-refractivity contribution in [3.63, 3.8) is 0 Å². The maximum Gasteiger partial charge on any atom is 0.250 e. The van der Waals surface area contributed by atoms with Crippen LogP contribution in [-0.2, 0) is 19.9 Å². The molecule has 33 heavy (non-hydrogen) atoms. The van der Waals surface area contributed by atoms with Gasteiger partial charge in [0.2, 0.25) is 11.8 Å². The van der Waals surface area contributed by atoms with E-state index >= 15 is 0 Å². The number of aliphatic hydroxyl groups is 1. The van der Waals surface area contributed by atoms with Crippen LogP contribution >= 0.6 is 46.4 Å². The molecule has 2 aromatic rings. The van der Waals surface area contributed by atoms with E-state index in [1.807, 2.05) is 0 Å². The molecule has 4 aliphatic rings. The molecule has 2 aromatic carbocycles. The molecule has 0 saturated carbocycles. The molecule has 0 bridgehead atoms. The van der Waals surface area contributed by atoms with Crippen LogP contribution < -0.4 is 10.2 Å². The van der Waals surface area contributed by atoms with Crippen LogP contribution in [0, 0.1) is 11.8 Å². The predicted molar refractivity (Wildman–Crippen MR) is 124 cm³/mol. The number of rotatable bonds is 1. The highest BCUT2D eigenvalue weighted by molar-refractivity contribution is 6.38. The Balaban J connectivity index is 1.58. The summed E-state index contributed by atoms with van der Waals surface area (Å²) in [4.78, 5) is 44.1. The molecule has 0 aromatic heterocycles. The van der Waals surface area contributed by atoms with Crippen molar-refractivity contribution in [2.75, 3.05) is 16.8 Å². The topological polar surface area (TPSA) is 90.0 Å². The number of halogens is 4. The smallest absolute Gasteiger partial charge is 0.250 e. The lowest BCUT2D eigenvalue weighted by molar-refractivity contribution is -0.135. The number of hydrogen-bond donors (Lipinski definition) is 2. The van der Waals surface area contributed by atoms with Crippen LogP contribution in [0.25, 0.3) is 0 Å². The fraction of sp³-hybridized carbons (Fsp3) is 0.318. The van der Waals surface area contributed by atoms with E-state index in [4.69, 9.17) is 46.4 Å². The largest absolute Gasteiger partial charge is 0.392 e. The van der Waals surface area contributed by atoms with Gasteiger partial charge in [-0.2, -0.15) is 0 Å². The number of carbonyl (C=O) groups excluding carboxylic acids is 3. The van der Waals surface area contributed by atoms with Crippen molar-refractivity contribution in [3.8, 4) is 0 Å². The van der Waals surface area contributed by atoms with Crippen LogP contribution in [0.5, 0.6) is 0 Å². The third-order valence-electron chi connectivity index (χ3n) is 7.15. The first-order chi connectivity index (χ1) is 15.6. The summed E-state index contributed by atoms with van der Waals surface area (Å²) in [6, 6.07) is 7.05. The van der Waals surface area contributed by atoms with Gasteiger partial charge in [0.25, 0.3) is 5.91 Å². The minimum absolute atomic E-state index is 0.137. The Hall–Kier alpha value is -1.87. The molecule has 3 saturated heterocycles. The molecule has 0 aliphatic carbocycles. The first-order valence-corrected chi connectivity index (χ1v) is 11.8. The number of benzene rings is 2. The molecular formula is C22H15Cl4N3O4. The van der Waals surface area contributed by atoms with E-state index in [-0.39, 0.29) is 33.7 Å². The second kappa shape index (κ2) is 7.07. The maximum atomic E-state index is 13.9. The summed E-state index contributed by atoms with van der Waals surface area (Å²) in [7, 11) is 0. The van der Waals surface area contributed by atoms with E-state index in [1.54, 1.807) is 11.0 Å². The average Bonchev–Trinajstić information content (AvgIpc) is 3.37. The van der Waals surface area contributed by atoms with Gasteiger partial charge in [-0.15, -0.1) is 0 Å². The SMILES string of the molecule is O=C1C2C3CC(O)CN3C3(C(=O)Nc4c(Cl)cc(Cl)cc43)C2C(=O)N1c1cc(Cl)cc(Cl)c1. The van der Waals surface area contributed by atoms with Gasteiger partial charge < -0.3 is 10.4 Å². The highest BCUT2D eigenvalue weighted by Gasteiger charge is 2.75. The third-order valence-corrected chi connectivity index (χ3v) is 8.10. The molecule has 4 heterocycles. The Kier molecular flexibility index (Phi) is 4.64. The maximum absolute atomic E-state index is 13.9. The van der Waals surface area contributed by atoms with E-state index in [0.717, 1.165) is 4.90 Å². The first-order valence-electron chi connectivity index (χ1n) is 10.2. The number of aliphatic hydroxyl groups excluding tert-OH is 1.